The molecule has 0 saturated carbocycles. The lowest BCUT2D eigenvalue weighted by atomic mass is 10.0. The molecule has 0 aliphatic carbocycles. The van der Waals surface area contributed by atoms with E-state index in [-0.39, 0.29) is 6.54 Å². The number of aromatic nitrogens is 1. The summed E-state index contributed by atoms with van der Waals surface area (Å²) in [5.41, 5.74) is 0.902. The Balaban J connectivity index is 2.06. The van der Waals surface area contributed by atoms with Gasteiger partial charge >= 0.3 is 0 Å². The molecule has 0 aromatic carbocycles. The molecule has 0 amide bonds. The maximum Gasteiger partial charge on any atom is 0.114 e. The van der Waals surface area contributed by atoms with E-state index in [1.165, 1.54) is 0 Å². The Bertz CT molecular complexity index is 476. The summed E-state index contributed by atoms with van der Waals surface area (Å²) in [6.07, 6.45) is 1.01. The average Bonchev–Trinajstić information content (AvgIpc) is 2.62. The Morgan fingerprint density at radius 2 is 2.00 bits per heavy atom. The Kier molecular flexibility index (Phi) is 8.74. The summed E-state index contributed by atoms with van der Waals surface area (Å²) < 4.78 is 5.55. The van der Waals surface area contributed by atoms with Crippen molar-refractivity contribution in [1.82, 2.24) is 9.88 Å². The normalized spacial score (nSPS) is 28.7. The predicted molar refractivity (Wildman–Crippen MR) is 92.8 cm³/mol. The van der Waals surface area contributed by atoms with Crippen LogP contribution >= 0.6 is 0 Å². The van der Waals surface area contributed by atoms with Crippen LogP contribution in [0.5, 0.6) is 0 Å². The molecule has 1 aliphatic heterocycles. The van der Waals surface area contributed by atoms with E-state index in [0.29, 0.717) is 13.2 Å². The molecule has 25 heavy (non-hydrogen) atoms. The molecule has 4 atom stereocenters. The molecule has 1 aromatic rings. The maximum absolute atomic E-state index is 10.4. The fourth-order valence-corrected chi connectivity index (χ4v) is 3.10. The lowest BCUT2D eigenvalue weighted by molar-refractivity contribution is -0.147. The lowest BCUT2D eigenvalue weighted by Gasteiger charge is -2.33. The van der Waals surface area contributed by atoms with Crippen molar-refractivity contribution in [2.75, 3.05) is 26.3 Å². The van der Waals surface area contributed by atoms with Gasteiger partial charge < -0.3 is 25.2 Å². The molecule has 1 aromatic heterocycles. The second kappa shape index (κ2) is 10.8. The van der Waals surface area contributed by atoms with Gasteiger partial charge in [-0.1, -0.05) is 18.9 Å². The van der Waals surface area contributed by atoms with E-state index >= 15 is 0 Å². The molecule has 1 saturated heterocycles. The summed E-state index contributed by atoms with van der Waals surface area (Å²) in [6, 6.07) is 5.71. The molecular formula is C18H30N2O5. The van der Waals surface area contributed by atoms with Crippen LogP contribution in [0.1, 0.15) is 31.4 Å². The molecule has 7 nitrogen and oxygen atoms in total. The molecule has 7 heteroatoms. The van der Waals surface area contributed by atoms with Crippen LogP contribution in [-0.4, -0.2) is 81.0 Å². The van der Waals surface area contributed by atoms with Crippen molar-refractivity contribution in [3.05, 3.63) is 30.1 Å². The van der Waals surface area contributed by atoms with Crippen LogP contribution in [0.15, 0.2) is 24.4 Å². The molecular weight excluding hydrogens is 324 g/mol. The second-order valence-corrected chi connectivity index (χ2v) is 6.61. The number of aliphatic hydroxyl groups is 4. The molecule has 2 rings (SSSR count). The fourth-order valence-electron chi connectivity index (χ4n) is 3.10. The predicted octanol–water partition coefficient (Wildman–Crippen LogP) is -0.0822. The standard InChI is InChI=1S/C18H30N2O5/c21-13-16(23)18-17(24)15(22)12-20(9-5-1-2-6-10-25-18)11-14-7-3-4-8-19-14/h3-4,7-8,15-18,21-24H,1-2,5-6,9-13H2/t15-,16+,17+,18+/m0/s1. The van der Waals surface area contributed by atoms with Crippen LogP contribution in [0.3, 0.4) is 0 Å². The van der Waals surface area contributed by atoms with Crippen molar-refractivity contribution in [3.63, 3.8) is 0 Å². The van der Waals surface area contributed by atoms with Crippen molar-refractivity contribution >= 4 is 0 Å². The SMILES string of the molecule is OC[C@@H](O)[C@H]1OCCCCCCN(Cc2ccccn2)C[C@H](O)[C@H]1O. The van der Waals surface area contributed by atoms with Gasteiger partial charge in [-0.2, -0.15) is 0 Å². The molecule has 4 N–H and O–H groups in total. The van der Waals surface area contributed by atoms with Crippen molar-refractivity contribution in [1.29, 1.82) is 0 Å². The third-order valence-corrected chi connectivity index (χ3v) is 4.53. The highest BCUT2D eigenvalue weighted by Crippen LogP contribution is 2.15. The van der Waals surface area contributed by atoms with Crippen molar-refractivity contribution < 1.29 is 25.2 Å². The van der Waals surface area contributed by atoms with Gasteiger partial charge in [0.25, 0.3) is 0 Å². The third-order valence-electron chi connectivity index (χ3n) is 4.53. The van der Waals surface area contributed by atoms with E-state index in [1.54, 1.807) is 6.20 Å². The zero-order valence-electron chi connectivity index (χ0n) is 14.6. The van der Waals surface area contributed by atoms with Crippen LogP contribution in [0.25, 0.3) is 0 Å². The van der Waals surface area contributed by atoms with Crippen LogP contribution < -0.4 is 0 Å². The first kappa shape index (κ1) is 20.2. The molecule has 1 fully saturated rings. The third kappa shape index (κ3) is 6.62. The summed E-state index contributed by atoms with van der Waals surface area (Å²) in [5.74, 6) is 0. The topological polar surface area (TPSA) is 106 Å². The van der Waals surface area contributed by atoms with Gasteiger partial charge in [0, 0.05) is 25.9 Å². The number of rotatable bonds is 4. The van der Waals surface area contributed by atoms with Crippen LogP contribution in [0, 0.1) is 0 Å². The van der Waals surface area contributed by atoms with Crippen LogP contribution in [0.4, 0.5) is 0 Å². The maximum atomic E-state index is 10.4. The lowest BCUT2D eigenvalue weighted by Crippen LogP contribution is -2.51. The van der Waals surface area contributed by atoms with Crippen LogP contribution in [0.2, 0.25) is 0 Å². The van der Waals surface area contributed by atoms with Gasteiger partial charge in [-0.25, -0.2) is 0 Å². The minimum atomic E-state index is -1.27. The summed E-state index contributed by atoms with van der Waals surface area (Å²) in [7, 11) is 0. The van der Waals surface area contributed by atoms with E-state index in [1.807, 2.05) is 18.2 Å². The monoisotopic (exact) mass is 354 g/mol. The first-order valence-corrected chi connectivity index (χ1v) is 9.00. The largest absolute Gasteiger partial charge is 0.394 e. The van der Waals surface area contributed by atoms with E-state index in [4.69, 9.17) is 4.74 Å². The van der Waals surface area contributed by atoms with Gasteiger partial charge in [-0.05, 0) is 31.5 Å². The quantitative estimate of drug-likeness (QED) is 0.599. The number of ether oxygens (including phenoxy) is 1. The summed E-state index contributed by atoms with van der Waals surface area (Å²) in [5, 5.41) is 40.0. The summed E-state index contributed by atoms with van der Waals surface area (Å²) in [4.78, 5) is 6.38. The second-order valence-electron chi connectivity index (χ2n) is 6.61. The smallest absolute Gasteiger partial charge is 0.114 e. The Morgan fingerprint density at radius 1 is 1.20 bits per heavy atom. The number of pyridine rings is 1. The van der Waals surface area contributed by atoms with Crippen LogP contribution in [-0.2, 0) is 11.3 Å². The zero-order valence-corrected chi connectivity index (χ0v) is 14.6. The van der Waals surface area contributed by atoms with Gasteiger partial charge in [0.2, 0.25) is 0 Å². The van der Waals surface area contributed by atoms with E-state index in [2.05, 4.69) is 9.88 Å². The van der Waals surface area contributed by atoms with Gasteiger partial charge in [-0.15, -0.1) is 0 Å². The summed E-state index contributed by atoms with van der Waals surface area (Å²) in [6.45, 7) is 1.50. The van der Waals surface area contributed by atoms with Gasteiger partial charge in [0.15, 0.2) is 0 Å². The molecule has 2 heterocycles. The van der Waals surface area contributed by atoms with Crippen molar-refractivity contribution in [2.45, 2.75) is 56.6 Å². The first-order valence-electron chi connectivity index (χ1n) is 9.00. The van der Waals surface area contributed by atoms with Crippen molar-refractivity contribution in [3.8, 4) is 0 Å². The number of aliphatic hydroxyl groups excluding tert-OH is 4. The molecule has 142 valence electrons. The number of hydrogen-bond acceptors (Lipinski definition) is 7. The highest BCUT2D eigenvalue weighted by atomic mass is 16.5. The van der Waals surface area contributed by atoms with E-state index in [9.17, 15) is 20.4 Å². The van der Waals surface area contributed by atoms with Gasteiger partial charge in [0.1, 0.15) is 18.3 Å². The zero-order chi connectivity index (χ0) is 18.1. The Labute approximate surface area is 148 Å². The van der Waals surface area contributed by atoms with Gasteiger partial charge in [-0.3, -0.25) is 9.88 Å². The average molecular weight is 354 g/mol. The fraction of sp³-hybridized carbons (Fsp3) is 0.722. The minimum Gasteiger partial charge on any atom is -0.394 e. The molecule has 0 spiro atoms. The molecule has 0 unspecified atom stereocenters. The highest BCUT2D eigenvalue weighted by Gasteiger charge is 2.33. The van der Waals surface area contributed by atoms with Crippen molar-refractivity contribution in [2.24, 2.45) is 0 Å². The van der Waals surface area contributed by atoms with Gasteiger partial charge in [0.05, 0.1) is 18.4 Å². The number of nitrogens with zero attached hydrogens (tertiary/aromatic N) is 2. The highest BCUT2D eigenvalue weighted by molar-refractivity contribution is 5.03. The van der Waals surface area contributed by atoms with E-state index < -0.39 is 31.0 Å². The number of β-amino-alcohol motifs (C(OH)–C–C–N with tert-alkyl or cyclic N) is 1. The Hall–Kier alpha value is -1.09. The molecule has 1 aliphatic rings. The number of hydrogen-bond donors (Lipinski definition) is 4. The Morgan fingerprint density at radius 3 is 2.72 bits per heavy atom. The minimum absolute atomic E-state index is 0.246. The first-order chi connectivity index (χ1) is 12.1. The van der Waals surface area contributed by atoms with E-state index in [0.717, 1.165) is 37.9 Å². The molecule has 0 radical (unpaired) electrons. The molecule has 0 bridgehead atoms. The summed E-state index contributed by atoms with van der Waals surface area (Å²) >= 11 is 0.